The van der Waals surface area contributed by atoms with Gasteiger partial charge in [-0.2, -0.15) is 4.99 Å². The molecule has 17 heavy (non-hydrogen) atoms. The number of nitrogens with zero attached hydrogens (tertiary/aromatic N) is 1. The molecule has 2 rings (SSSR count). The van der Waals surface area contributed by atoms with Crippen molar-refractivity contribution in [2.75, 3.05) is 0 Å². The van der Waals surface area contributed by atoms with E-state index in [0.717, 1.165) is 31.7 Å². The topological polar surface area (TPSA) is 38.7 Å². The van der Waals surface area contributed by atoms with Crippen molar-refractivity contribution in [3.8, 4) is 5.75 Å². The van der Waals surface area contributed by atoms with E-state index in [1.54, 1.807) is 0 Å². The van der Waals surface area contributed by atoms with Gasteiger partial charge in [0.15, 0.2) is 11.6 Å². The third kappa shape index (κ3) is 2.84. The van der Waals surface area contributed by atoms with Gasteiger partial charge >= 0.3 is 0 Å². The number of halogens is 2. The molecule has 0 N–H and O–H groups in total. The van der Waals surface area contributed by atoms with Gasteiger partial charge in [-0.1, -0.05) is 11.6 Å². The number of ether oxygens (including phenoxy) is 1. The summed E-state index contributed by atoms with van der Waals surface area (Å²) in [6.07, 6.45) is 5.46. The maximum atomic E-state index is 13.6. The van der Waals surface area contributed by atoms with Gasteiger partial charge in [0.25, 0.3) is 0 Å². The molecule has 0 radical (unpaired) electrons. The summed E-state index contributed by atoms with van der Waals surface area (Å²) in [5, 5.41) is 0.0737. The summed E-state index contributed by atoms with van der Waals surface area (Å²) in [6.45, 7) is 0. The van der Waals surface area contributed by atoms with E-state index in [2.05, 4.69) is 4.99 Å². The minimum absolute atomic E-state index is 0.0405. The summed E-state index contributed by atoms with van der Waals surface area (Å²) >= 11 is 5.73. The SMILES string of the molecule is O=C=Nc1cc(OC2CCCC2)c(F)cc1Cl. The van der Waals surface area contributed by atoms with Gasteiger partial charge in [-0.15, -0.1) is 0 Å². The Morgan fingerprint density at radius 2 is 2.12 bits per heavy atom. The predicted octanol–water partition coefficient (Wildman–Crippen LogP) is 3.77. The van der Waals surface area contributed by atoms with Crippen molar-refractivity contribution in [3.63, 3.8) is 0 Å². The highest BCUT2D eigenvalue weighted by atomic mass is 35.5. The van der Waals surface area contributed by atoms with Crippen LogP contribution in [-0.2, 0) is 4.79 Å². The maximum Gasteiger partial charge on any atom is 0.240 e. The van der Waals surface area contributed by atoms with E-state index >= 15 is 0 Å². The highest BCUT2D eigenvalue weighted by Gasteiger charge is 2.19. The van der Waals surface area contributed by atoms with Crippen LogP contribution in [0.15, 0.2) is 17.1 Å². The molecule has 1 aliphatic carbocycles. The Morgan fingerprint density at radius 3 is 2.76 bits per heavy atom. The second kappa shape index (κ2) is 5.30. The van der Waals surface area contributed by atoms with Crippen LogP contribution in [0.5, 0.6) is 5.75 Å². The fraction of sp³-hybridized carbons (Fsp3) is 0.417. The molecule has 0 amide bonds. The smallest absolute Gasteiger partial charge is 0.240 e. The van der Waals surface area contributed by atoms with Gasteiger partial charge in [0.05, 0.1) is 16.8 Å². The van der Waals surface area contributed by atoms with Crippen LogP contribution in [0.25, 0.3) is 0 Å². The van der Waals surface area contributed by atoms with Gasteiger partial charge in [0.1, 0.15) is 0 Å². The molecule has 90 valence electrons. The van der Waals surface area contributed by atoms with Crippen molar-refractivity contribution in [2.24, 2.45) is 4.99 Å². The van der Waals surface area contributed by atoms with Crippen LogP contribution in [0.4, 0.5) is 10.1 Å². The van der Waals surface area contributed by atoms with E-state index < -0.39 is 5.82 Å². The van der Waals surface area contributed by atoms with Crippen LogP contribution >= 0.6 is 11.6 Å². The van der Waals surface area contributed by atoms with Crippen LogP contribution in [0.1, 0.15) is 25.7 Å². The van der Waals surface area contributed by atoms with Gasteiger partial charge < -0.3 is 4.74 Å². The number of benzene rings is 1. The van der Waals surface area contributed by atoms with Crippen molar-refractivity contribution in [2.45, 2.75) is 31.8 Å². The minimum Gasteiger partial charge on any atom is -0.487 e. The summed E-state index contributed by atoms with van der Waals surface area (Å²) in [4.78, 5) is 13.6. The van der Waals surface area contributed by atoms with Gasteiger partial charge in [-0.25, -0.2) is 9.18 Å². The molecule has 0 spiro atoms. The molecule has 0 bridgehead atoms. The first-order valence-corrected chi connectivity index (χ1v) is 5.82. The van der Waals surface area contributed by atoms with Crippen molar-refractivity contribution in [3.05, 3.63) is 23.0 Å². The zero-order chi connectivity index (χ0) is 12.3. The van der Waals surface area contributed by atoms with E-state index in [-0.39, 0.29) is 22.6 Å². The number of hydrogen-bond acceptors (Lipinski definition) is 3. The lowest BCUT2D eigenvalue weighted by molar-refractivity contribution is 0.201. The molecule has 1 aliphatic rings. The third-order valence-corrected chi connectivity index (χ3v) is 3.07. The van der Waals surface area contributed by atoms with E-state index in [1.165, 1.54) is 12.1 Å². The zero-order valence-electron chi connectivity index (χ0n) is 9.08. The molecule has 0 atom stereocenters. The van der Waals surface area contributed by atoms with E-state index in [1.807, 2.05) is 0 Å². The second-order valence-electron chi connectivity index (χ2n) is 3.96. The van der Waals surface area contributed by atoms with Crippen LogP contribution in [0.2, 0.25) is 5.02 Å². The molecule has 1 saturated carbocycles. The van der Waals surface area contributed by atoms with Crippen LogP contribution < -0.4 is 4.74 Å². The van der Waals surface area contributed by atoms with E-state index in [0.29, 0.717) is 0 Å². The third-order valence-electron chi connectivity index (χ3n) is 2.76. The summed E-state index contributed by atoms with van der Waals surface area (Å²) in [6, 6.07) is 2.43. The van der Waals surface area contributed by atoms with Gasteiger partial charge in [-0.3, -0.25) is 0 Å². The quantitative estimate of drug-likeness (QED) is 0.609. The molecular formula is C12H11ClFNO2. The highest BCUT2D eigenvalue weighted by Crippen LogP contribution is 2.34. The lowest BCUT2D eigenvalue weighted by Crippen LogP contribution is -2.11. The molecule has 1 aromatic carbocycles. The molecular weight excluding hydrogens is 245 g/mol. The monoisotopic (exact) mass is 255 g/mol. The first-order valence-electron chi connectivity index (χ1n) is 5.44. The highest BCUT2D eigenvalue weighted by molar-refractivity contribution is 6.33. The Kier molecular flexibility index (Phi) is 3.77. The normalized spacial score (nSPS) is 15.6. The Hall–Kier alpha value is -1.38. The molecule has 0 saturated heterocycles. The molecule has 0 aromatic heterocycles. The number of carbonyl (C=O) groups excluding carboxylic acids is 1. The van der Waals surface area contributed by atoms with E-state index in [4.69, 9.17) is 16.3 Å². The second-order valence-corrected chi connectivity index (χ2v) is 4.37. The van der Waals surface area contributed by atoms with Crippen LogP contribution in [-0.4, -0.2) is 12.2 Å². The van der Waals surface area contributed by atoms with Gasteiger partial charge in [0.2, 0.25) is 6.08 Å². The largest absolute Gasteiger partial charge is 0.487 e. The van der Waals surface area contributed by atoms with Crippen LogP contribution in [0.3, 0.4) is 0 Å². The maximum absolute atomic E-state index is 13.6. The molecule has 1 aromatic rings. The summed E-state index contributed by atoms with van der Waals surface area (Å²) in [7, 11) is 0. The number of hydrogen-bond donors (Lipinski definition) is 0. The van der Waals surface area contributed by atoms with E-state index in [9.17, 15) is 9.18 Å². The zero-order valence-corrected chi connectivity index (χ0v) is 9.84. The Morgan fingerprint density at radius 1 is 1.41 bits per heavy atom. The van der Waals surface area contributed by atoms with Crippen LogP contribution in [0, 0.1) is 5.82 Å². The first-order chi connectivity index (χ1) is 8.20. The number of aliphatic imine (C=N–C) groups is 1. The standard InChI is InChI=1S/C12H11ClFNO2/c13-9-5-10(14)12(6-11(9)15-7-16)17-8-3-1-2-4-8/h5-6,8H,1-4H2. The Bertz CT molecular complexity index is 466. The first kappa shape index (κ1) is 12.1. The summed E-state index contributed by atoms with van der Waals surface area (Å²) < 4.78 is 19.1. The summed E-state index contributed by atoms with van der Waals surface area (Å²) in [5.41, 5.74) is 0.177. The molecule has 5 heteroatoms. The van der Waals surface area contributed by atoms with Gasteiger partial charge in [0, 0.05) is 6.07 Å². The Balaban J connectivity index is 2.25. The Labute approximate surface area is 103 Å². The van der Waals surface area contributed by atoms with Crippen molar-refractivity contribution in [1.29, 1.82) is 0 Å². The van der Waals surface area contributed by atoms with Crippen molar-refractivity contribution < 1.29 is 13.9 Å². The van der Waals surface area contributed by atoms with Crippen molar-refractivity contribution >= 4 is 23.4 Å². The predicted molar refractivity (Wildman–Crippen MR) is 62.1 cm³/mol. The molecule has 0 heterocycles. The van der Waals surface area contributed by atoms with Gasteiger partial charge in [-0.05, 0) is 31.7 Å². The number of rotatable bonds is 3. The molecule has 1 fully saturated rings. The molecule has 0 aliphatic heterocycles. The number of isocyanates is 1. The average molecular weight is 256 g/mol. The lowest BCUT2D eigenvalue weighted by atomic mass is 10.2. The minimum atomic E-state index is -0.535. The van der Waals surface area contributed by atoms with Crippen molar-refractivity contribution in [1.82, 2.24) is 0 Å². The fourth-order valence-electron chi connectivity index (χ4n) is 1.93. The lowest BCUT2D eigenvalue weighted by Gasteiger charge is -2.14. The average Bonchev–Trinajstić information content (AvgIpc) is 2.78. The fourth-order valence-corrected chi connectivity index (χ4v) is 2.12. The summed E-state index contributed by atoms with van der Waals surface area (Å²) in [5.74, 6) is -0.443. The molecule has 0 unspecified atom stereocenters. The molecule has 3 nitrogen and oxygen atoms in total.